The second-order valence-corrected chi connectivity index (χ2v) is 5.23. The van der Waals surface area contributed by atoms with Gasteiger partial charge in [-0.2, -0.15) is 0 Å². The molecule has 0 aliphatic rings. The van der Waals surface area contributed by atoms with E-state index in [2.05, 4.69) is 10.9 Å². The minimum Gasteiger partial charge on any atom is -0.494 e. The first-order chi connectivity index (χ1) is 11.6. The monoisotopic (exact) mass is 331 g/mol. The lowest BCUT2D eigenvalue weighted by molar-refractivity contribution is -0.122. The number of carbonyl (C=O) groups excluding carboxylic acids is 2. The number of carbonyl (C=O) groups is 2. The van der Waals surface area contributed by atoms with Crippen LogP contribution in [0.4, 0.5) is 0 Å². The molecule has 1 heterocycles. The van der Waals surface area contributed by atoms with Crippen LogP contribution in [0.3, 0.4) is 0 Å². The number of ether oxygens (including phenoxy) is 1. The van der Waals surface area contributed by atoms with Gasteiger partial charge in [-0.3, -0.25) is 25.3 Å². The van der Waals surface area contributed by atoms with Crippen molar-refractivity contribution in [2.45, 2.75) is 13.5 Å². The number of benzene rings is 1. The van der Waals surface area contributed by atoms with Crippen LogP contribution in [0.5, 0.6) is 5.75 Å². The third-order valence-electron chi connectivity index (χ3n) is 3.16. The van der Waals surface area contributed by atoms with Gasteiger partial charge in [0.1, 0.15) is 5.75 Å². The molecule has 0 saturated carbocycles. The Morgan fingerprint density at radius 1 is 1.17 bits per heavy atom. The molecule has 2 rings (SSSR count). The first-order valence-corrected chi connectivity index (χ1v) is 7.61. The lowest BCUT2D eigenvalue weighted by Gasteiger charge is -2.16. The summed E-state index contributed by atoms with van der Waals surface area (Å²) in [6.45, 7) is 3.31. The van der Waals surface area contributed by atoms with Gasteiger partial charge in [0.25, 0.3) is 5.91 Å². The zero-order valence-electron chi connectivity index (χ0n) is 13.7. The lowest BCUT2D eigenvalue weighted by Crippen LogP contribution is -2.45. The fraction of sp³-hybridized carbons (Fsp3) is 0.294. The summed E-state index contributed by atoms with van der Waals surface area (Å²) in [5.74, 6) is 0.145. The molecule has 2 N–H and O–H groups in total. The van der Waals surface area contributed by atoms with Gasteiger partial charge in [-0.1, -0.05) is 12.1 Å². The number of amides is 2. The van der Waals surface area contributed by atoms with Crippen molar-refractivity contribution in [3.63, 3.8) is 0 Å². The van der Waals surface area contributed by atoms with Crippen molar-refractivity contribution in [3.05, 3.63) is 54.0 Å². The molecule has 2 aromatic rings. The van der Waals surface area contributed by atoms with Crippen molar-refractivity contribution >= 4 is 11.8 Å². The van der Waals surface area contributed by atoms with Gasteiger partial charge in [0.2, 0.25) is 0 Å². The summed E-state index contributed by atoms with van der Waals surface area (Å²) in [5.41, 5.74) is 5.72. The third-order valence-corrected chi connectivity index (χ3v) is 3.16. The molecule has 0 fully saturated rings. The molecule has 1 aromatic carbocycles. The van der Waals surface area contributed by atoms with Crippen molar-refractivity contribution < 1.29 is 18.7 Å². The van der Waals surface area contributed by atoms with Crippen molar-refractivity contribution in [3.8, 4) is 5.75 Å². The smallest absolute Gasteiger partial charge is 0.305 e. The average molecular weight is 331 g/mol. The summed E-state index contributed by atoms with van der Waals surface area (Å²) in [7, 11) is 1.82. The molecule has 1 aromatic heterocycles. The summed E-state index contributed by atoms with van der Waals surface area (Å²) in [5, 5.41) is 0. The molecule has 7 nitrogen and oxygen atoms in total. The van der Waals surface area contributed by atoms with E-state index < -0.39 is 5.91 Å². The summed E-state index contributed by atoms with van der Waals surface area (Å²) >= 11 is 0. The molecule has 2 amide bonds. The molecule has 0 aliphatic carbocycles. The van der Waals surface area contributed by atoms with Crippen molar-refractivity contribution in [2.24, 2.45) is 0 Å². The highest BCUT2D eigenvalue weighted by molar-refractivity contribution is 5.93. The fourth-order valence-corrected chi connectivity index (χ4v) is 2.11. The van der Waals surface area contributed by atoms with Crippen LogP contribution < -0.4 is 15.6 Å². The number of furan rings is 1. The highest BCUT2D eigenvalue weighted by Gasteiger charge is 2.11. The number of hydrogen-bond donors (Lipinski definition) is 2. The van der Waals surface area contributed by atoms with Gasteiger partial charge >= 0.3 is 5.91 Å². The van der Waals surface area contributed by atoms with E-state index in [4.69, 9.17) is 9.15 Å². The van der Waals surface area contributed by atoms with E-state index in [1.807, 2.05) is 43.1 Å². The van der Waals surface area contributed by atoms with E-state index in [1.54, 1.807) is 6.07 Å². The third kappa shape index (κ3) is 5.44. The largest absolute Gasteiger partial charge is 0.494 e. The minimum atomic E-state index is -0.498. The number of hydrazine groups is 1. The number of hydrogen-bond acceptors (Lipinski definition) is 5. The van der Waals surface area contributed by atoms with Crippen LogP contribution in [0.2, 0.25) is 0 Å². The molecule has 128 valence electrons. The van der Waals surface area contributed by atoms with Gasteiger partial charge in [0, 0.05) is 6.54 Å². The standard InChI is InChI=1S/C17H21N3O4/c1-3-23-14-8-6-13(7-9-14)11-20(2)12-16(21)18-19-17(22)15-5-4-10-24-15/h4-10H,3,11-12H2,1-2H3,(H,18,21)(H,19,22). The van der Waals surface area contributed by atoms with Crippen molar-refractivity contribution in [2.75, 3.05) is 20.2 Å². The predicted molar refractivity (Wildman–Crippen MR) is 88.3 cm³/mol. The Bertz CT molecular complexity index is 653. The highest BCUT2D eigenvalue weighted by atomic mass is 16.5. The Hall–Kier alpha value is -2.80. The Morgan fingerprint density at radius 3 is 2.54 bits per heavy atom. The summed E-state index contributed by atoms with van der Waals surface area (Å²) < 4.78 is 10.3. The molecule has 0 bridgehead atoms. The van der Waals surface area contributed by atoms with Crippen LogP contribution >= 0.6 is 0 Å². The molecule has 0 saturated heterocycles. The van der Waals surface area contributed by atoms with Crippen LogP contribution in [-0.4, -0.2) is 36.9 Å². The van der Waals surface area contributed by atoms with E-state index in [-0.39, 0.29) is 18.2 Å². The highest BCUT2D eigenvalue weighted by Crippen LogP contribution is 2.13. The quantitative estimate of drug-likeness (QED) is 0.753. The topological polar surface area (TPSA) is 83.8 Å². The van der Waals surface area contributed by atoms with Gasteiger partial charge < -0.3 is 9.15 Å². The molecular formula is C17H21N3O4. The Labute approximate surface area is 140 Å². The first kappa shape index (κ1) is 17.6. The van der Waals surface area contributed by atoms with Crippen LogP contribution in [0.25, 0.3) is 0 Å². The van der Waals surface area contributed by atoms with E-state index in [1.165, 1.54) is 12.3 Å². The molecule has 24 heavy (non-hydrogen) atoms. The molecular weight excluding hydrogens is 310 g/mol. The van der Waals surface area contributed by atoms with Crippen LogP contribution in [-0.2, 0) is 11.3 Å². The predicted octanol–water partition coefficient (Wildman–Crippen LogP) is 1.57. The van der Waals surface area contributed by atoms with Crippen molar-refractivity contribution in [1.82, 2.24) is 15.8 Å². The maximum absolute atomic E-state index is 11.8. The molecule has 0 spiro atoms. The number of likely N-dealkylation sites (N-methyl/N-ethyl adjacent to an activating group) is 1. The number of nitrogens with one attached hydrogen (secondary N) is 2. The minimum absolute atomic E-state index is 0.137. The maximum atomic E-state index is 11.8. The Balaban J connectivity index is 1.73. The molecule has 0 radical (unpaired) electrons. The Kier molecular flexibility index (Phi) is 6.39. The fourth-order valence-electron chi connectivity index (χ4n) is 2.11. The van der Waals surface area contributed by atoms with Crippen LogP contribution in [0.1, 0.15) is 23.0 Å². The van der Waals surface area contributed by atoms with Gasteiger partial charge in [-0.15, -0.1) is 0 Å². The van der Waals surface area contributed by atoms with Crippen LogP contribution in [0.15, 0.2) is 47.1 Å². The zero-order valence-corrected chi connectivity index (χ0v) is 13.7. The SMILES string of the molecule is CCOc1ccc(CN(C)CC(=O)NNC(=O)c2ccco2)cc1. The zero-order chi connectivity index (χ0) is 17.4. The van der Waals surface area contributed by atoms with Gasteiger partial charge in [-0.05, 0) is 43.8 Å². The van der Waals surface area contributed by atoms with Crippen molar-refractivity contribution in [1.29, 1.82) is 0 Å². The number of rotatable bonds is 7. The average Bonchev–Trinajstić information content (AvgIpc) is 3.09. The van der Waals surface area contributed by atoms with Gasteiger partial charge in [-0.25, -0.2) is 0 Å². The Morgan fingerprint density at radius 2 is 1.92 bits per heavy atom. The normalized spacial score (nSPS) is 10.5. The maximum Gasteiger partial charge on any atom is 0.305 e. The second kappa shape index (κ2) is 8.73. The molecule has 0 atom stereocenters. The summed E-state index contributed by atoms with van der Waals surface area (Å²) in [6, 6.07) is 10.8. The van der Waals surface area contributed by atoms with Crippen LogP contribution in [0, 0.1) is 0 Å². The van der Waals surface area contributed by atoms with E-state index in [0.717, 1.165) is 11.3 Å². The number of nitrogens with zero attached hydrogens (tertiary/aromatic N) is 1. The molecule has 7 heteroatoms. The molecule has 0 aliphatic heterocycles. The van der Waals surface area contributed by atoms with E-state index >= 15 is 0 Å². The van der Waals surface area contributed by atoms with E-state index in [0.29, 0.717) is 13.2 Å². The first-order valence-electron chi connectivity index (χ1n) is 7.61. The van der Waals surface area contributed by atoms with E-state index in [9.17, 15) is 9.59 Å². The summed E-state index contributed by atoms with van der Waals surface area (Å²) in [4.78, 5) is 25.3. The molecule has 0 unspecified atom stereocenters. The van der Waals surface area contributed by atoms with Gasteiger partial charge in [0.05, 0.1) is 19.4 Å². The lowest BCUT2D eigenvalue weighted by atomic mass is 10.2. The second-order valence-electron chi connectivity index (χ2n) is 5.23. The van der Waals surface area contributed by atoms with Gasteiger partial charge in [0.15, 0.2) is 5.76 Å². The summed E-state index contributed by atoms with van der Waals surface area (Å²) in [6.07, 6.45) is 1.39.